The molecule has 0 saturated carbocycles. The number of rotatable bonds is 6. The highest BCUT2D eigenvalue weighted by atomic mass is 35.5. The minimum Gasteiger partial charge on any atom is -0.355 e. The second kappa shape index (κ2) is 9.91. The van der Waals surface area contributed by atoms with E-state index in [2.05, 4.69) is 20.9 Å². The fourth-order valence-electron chi connectivity index (χ4n) is 2.11. The number of nitrogens with one attached hydrogen (secondary N) is 3. The van der Waals surface area contributed by atoms with Gasteiger partial charge in [-0.1, -0.05) is 47.5 Å². The summed E-state index contributed by atoms with van der Waals surface area (Å²) in [6.07, 6.45) is 0. The third-order valence-electron chi connectivity index (χ3n) is 3.42. The first-order chi connectivity index (χ1) is 12.1. The molecule has 0 heterocycles. The Balaban J connectivity index is 1.71. The first kappa shape index (κ1) is 19.1. The Hall–Kier alpha value is -2.24. The van der Waals surface area contributed by atoms with Crippen molar-refractivity contribution in [2.75, 3.05) is 20.1 Å². The lowest BCUT2D eigenvalue weighted by Gasteiger charge is -2.12. The van der Waals surface area contributed by atoms with Crippen LogP contribution in [0.4, 0.5) is 0 Å². The van der Waals surface area contributed by atoms with Crippen molar-refractivity contribution in [1.29, 1.82) is 0 Å². The monoisotopic (exact) mass is 378 g/mol. The predicted molar refractivity (Wildman–Crippen MR) is 103 cm³/mol. The van der Waals surface area contributed by atoms with Gasteiger partial charge in [0.1, 0.15) is 0 Å². The second-order valence-corrected chi connectivity index (χ2v) is 6.06. The molecule has 7 heteroatoms. The van der Waals surface area contributed by atoms with Crippen LogP contribution in [0.2, 0.25) is 10.0 Å². The van der Waals surface area contributed by atoms with Crippen molar-refractivity contribution in [2.24, 2.45) is 4.99 Å². The van der Waals surface area contributed by atoms with Gasteiger partial charge in [0, 0.05) is 31.7 Å². The molecule has 2 aromatic rings. The lowest BCUT2D eigenvalue weighted by Crippen LogP contribution is -2.41. The summed E-state index contributed by atoms with van der Waals surface area (Å²) >= 11 is 11.9. The van der Waals surface area contributed by atoms with Gasteiger partial charge < -0.3 is 16.0 Å². The molecule has 0 saturated heterocycles. The van der Waals surface area contributed by atoms with E-state index in [-0.39, 0.29) is 5.91 Å². The van der Waals surface area contributed by atoms with Crippen molar-refractivity contribution in [3.05, 3.63) is 69.7 Å². The zero-order valence-electron chi connectivity index (χ0n) is 13.9. The van der Waals surface area contributed by atoms with Gasteiger partial charge in [0.25, 0.3) is 5.91 Å². The number of benzene rings is 2. The molecule has 0 spiro atoms. The van der Waals surface area contributed by atoms with Gasteiger partial charge in [0.05, 0.1) is 10.6 Å². The lowest BCUT2D eigenvalue weighted by atomic mass is 10.2. The average Bonchev–Trinajstić information content (AvgIpc) is 2.62. The molecule has 2 rings (SSSR count). The van der Waals surface area contributed by atoms with Crippen LogP contribution in [0.1, 0.15) is 15.9 Å². The molecule has 0 aliphatic rings. The standard InChI is InChI=1S/C18H20Cl2N4O/c1-21-18(24-12-13-6-8-14(19)9-7-13)23-11-10-22-17(25)15-4-2-3-5-16(15)20/h2-9H,10-12H2,1H3,(H,22,25)(H2,21,23,24). The molecule has 0 aliphatic carbocycles. The van der Waals surface area contributed by atoms with Gasteiger partial charge >= 0.3 is 0 Å². The van der Waals surface area contributed by atoms with Crippen LogP contribution in [0.25, 0.3) is 0 Å². The number of hydrogen-bond donors (Lipinski definition) is 3. The van der Waals surface area contributed by atoms with Gasteiger partial charge in [-0.3, -0.25) is 9.79 Å². The zero-order valence-corrected chi connectivity index (χ0v) is 15.4. The number of carbonyl (C=O) groups excluding carboxylic acids is 1. The minimum absolute atomic E-state index is 0.198. The van der Waals surface area contributed by atoms with Gasteiger partial charge in [-0.25, -0.2) is 0 Å². The van der Waals surface area contributed by atoms with Gasteiger partial charge in [-0.05, 0) is 29.8 Å². The Morgan fingerprint density at radius 3 is 2.32 bits per heavy atom. The Morgan fingerprint density at radius 2 is 1.64 bits per heavy atom. The topological polar surface area (TPSA) is 65.5 Å². The molecule has 5 nitrogen and oxygen atoms in total. The molecule has 132 valence electrons. The summed E-state index contributed by atoms with van der Waals surface area (Å²) < 4.78 is 0. The third kappa shape index (κ3) is 6.29. The summed E-state index contributed by atoms with van der Waals surface area (Å²) in [5.74, 6) is 0.457. The minimum atomic E-state index is -0.198. The lowest BCUT2D eigenvalue weighted by molar-refractivity contribution is 0.0954. The molecule has 0 fully saturated rings. The van der Waals surface area contributed by atoms with Crippen molar-refractivity contribution in [2.45, 2.75) is 6.54 Å². The Morgan fingerprint density at radius 1 is 0.960 bits per heavy atom. The van der Waals surface area contributed by atoms with E-state index in [0.717, 1.165) is 5.56 Å². The average molecular weight is 379 g/mol. The fourth-order valence-corrected chi connectivity index (χ4v) is 2.45. The van der Waals surface area contributed by atoms with Crippen molar-refractivity contribution in [1.82, 2.24) is 16.0 Å². The van der Waals surface area contributed by atoms with Gasteiger partial charge in [-0.15, -0.1) is 0 Å². The first-order valence-corrected chi connectivity index (χ1v) is 8.57. The molecule has 0 atom stereocenters. The highest BCUT2D eigenvalue weighted by Gasteiger charge is 2.08. The normalized spacial score (nSPS) is 11.1. The summed E-state index contributed by atoms with van der Waals surface area (Å²) in [6.45, 7) is 1.62. The number of carbonyl (C=O) groups is 1. The van der Waals surface area contributed by atoms with E-state index in [1.165, 1.54) is 0 Å². The summed E-state index contributed by atoms with van der Waals surface area (Å²) in [6, 6.07) is 14.5. The van der Waals surface area contributed by atoms with Crippen LogP contribution in [0, 0.1) is 0 Å². The smallest absolute Gasteiger partial charge is 0.252 e. The van der Waals surface area contributed by atoms with Crippen LogP contribution in [-0.2, 0) is 6.54 Å². The zero-order chi connectivity index (χ0) is 18.1. The largest absolute Gasteiger partial charge is 0.355 e. The molecule has 0 radical (unpaired) electrons. The second-order valence-electron chi connectivity index (χ2n) is 5.21. The number of halogens is 2. The van der Waals surface area contributed by atoms with Crippen LogP contribution >= 0.6 is 23.2 Å². The van der Waals surface area contributed by atoms with E-state index in [4.69, 9.17) is 23.2 Å². The quantitative estimate of drug-likeness (QED) is 0.411. The first-order valence-electron chi connectivity index (χ1n) is 7.82. The van der Waals surface area contributed by atoms with Crippen molar-refractivity contribution in [3.63, 3.8) is 0 Å². The van der Waals surface area contributed by atoms with E-state index in [0.29, 0.717) is 41.2 Å². The molecule has 0 bridgehead atoms. The molecule has 3 N–H and O–H groups in total. The van der Waals surface area contributed by atoms with E-state index in [1.54, 1.807) is 31.3 Å². The van der Waals surface area contributed by atoms with E-state index in [9.17, 15) is 4.79 Å². The number of hydrogen-bond acceptors (Lipinski definition) is 2. The van der Waals surface area contributed by atoms with Crippen LogP contribution in [0.15, 0.2) is 53.5 Å². The van der Waals surface area contributed by atoms with Crippen LogP contribution in [0.5, 0.6) is 0 Å². The van der Waals surface area contributed by atoms with Crippen LogP contribution in [-0.4, -0.2) is 32.0 Å². The molecule has 0 aromatic heterocycles. The number of nitrogens with zero attached hydrogens (tertiary/aromatic N) is 1. The highest BCUT2D eigenvalue weighted by Crippen LogP contribution is 2.14. The summed E-state index contributed by atoms with van der Waals surface area (Å²) in [5.41, 5.74) is 1.56. The maximum atomic E-state index is 12.0. The maximum absolute atomic E-state index is 12.0. The molecule has 0 unspecified atom stereocenters. The summed E-state index contributed by atoms with van der Waals surface area (Å²) in [7, 11) is 1.69. The van der Waals surface area contributed by atoms with Crippen molar-refractivity contribution >= 4 is 35.1 Å². The number of aliphatic imine (C=N–C) groups is 1. The molecule has 2 aromatic carbocycles. The van der Waals surface area contributed by atoms with Gasteiger partial charge in [0.2, 0.25) is 0 Å². The van der Waals surface area contributed by atoms with Crippen LogP contribution in [0.3, 0.4) is 0 Å². The highest BCUT2D eigenvalue weighted by molar-refractivity contribution is 6.33. The molecule has 0 aliphatic heterocycles. The maximum Gasteiger partial charge on any atom is 0.252 e. The third-order valence-corrected chi connectivity index (χ3v) is 4.00. The van der Waals surface area contributed by atoms with Gasteiger partial charge in [0.15, 0.2) is 5.96 Å². The van der Waals surface area contributed by atoms with E-state index >= 15 is 0 Å². The summed E-state index contributed by atoms with van der Waals surface area (Å²) in [5, 5.41) is 10.3. The Kier molecular flexibility index (Phi) is 7.57. The predicted octanol–water partition coefficient (Wildman–Crippen LogP) is 3.09. The fraction of sp³-hybridized carbons (Fsp3) is 0.222. The molecular weight excluding hydrogens is 359 g/mol. The van der Waals surface area contributed by atoms with Gasteiger partial charge in [-0.2, -0.15) is 0 Å². The van der Waals surface area contributed by atoms with E-state index in [1.807, 2.05) is 24.3 Å². The number of amides is 1. The van der Waals surface area contributed by atoms with Crippen molar-refractivity contribution in [3.8, 4) is 0 Å². The SMILES string of the molecule is CN=C(NCCNC(=O)c1ccccc1Cl)NCc1ccc(Cl)cc1. The van der Waals surface area contributed by atoms with Crippen molar-refractivity contribution < 1.29 is 4.79 Å². The summed E-state index contributed by atoms with van der Waals surface area (Å²) in [4.78, 5) is 16.2. The Labute approximate surface area is 157 Å². The molecule has 1 amide bonds. The number of guanidine groups is 1. The molecular formula is C18H20Cl2N4O. The van der Waals surface area contributed by atoms with Crippen LogP contribution < -0.4 is 16.0 Å². The Bertz CT molecular complexity index is 732. The molecule has 25 heavy (non-hydrogen) atoms. The van der Waals surface area contributed by atoms with E-state index < -0.39 is 0 Å².